The smallest absolute Gasteiger partial charge is 0.266 e. The molecule has 0 aliphatic carbocycles. The van der Waals surface area contributed by atoms with E-state index in [0.29, 0.717) is 31.3 Å². The van der Waals surface area contributed by atoms with Crippen LogP contribution in [-0.4, -0.2) is 41.1 Å². The fourth-order valence-electron chi connectivity index (χ4n) is 2.53. The second-order valence-corrected chi connectivity index (χ2v) is 10.0. The average molecular weight is 408 g/mol. The van der Waals surface area contributed by atoms with E-state index in [4.69, 9.17) is 35.4 Å². The Morgan fingerprint density at radius 2 is 2.09 bits per heavy atom. The topological polar surface area (TPSA) is 54.5 Å². The van der Waals surface area contributed by atoms with Gasteiger partial charge >= 0.3 is 0 Å². The van der Waals surface area contributed by atoms with Crippen molar-refractivity contribution in [3.63, 3.8) is 0 Å². The fourth-order valence-corrected chi connectivity index (χ4v) is 6.09. The highest BCUT2D eigenvalue weighted by molar-refractivity contribution is 8.26. The molecule has 0 bridgehead atoms. The molecule has 1 atom stereocenters. The molecule has 0 aromatic heterocycles. The summed E-state index contributed by atoms with van der Waals surface area (Å²) in [5, 5.41) is 0.946. The van der Waals surface area contributed by atoms with Gasteiger partial charge in [-0.2, -0.15) is 0 Å². The summed E-state index contributed by atoms with van der Waals surface area (Å²) in [6.45, 7) is 0. The molecule has 0 saturated carbocycles. The van der Waals surface area contributed by atoms with Gasteiger partial charge in [-0.25, -0.2) is 8.42 Å². The van der Waals surface area contributed by atoms with Gasteiger partial charge in [0.1, 0.15) is 4.32 Å². The minimum Gasteiger partial charge on any atom is -0.289 e. The molecule has 2 aliphatic rings. The summed E-state index contributed by atoms with van der Waals surface area (Å²) in [6.07, 6.45) is 2.07. The van der Waals surface area contributed by atoms with Gasteiger partial charge in [-0.05, 0) is 30.2 Å². The lowest BCUT2D eigenvalue weighted by molar-refractivity contribution is -0.123. The van der Waals surface area contributed by atoms with Crippen LogP contribution in [0.25, 0.3) is 6.08 Å². The van der Waals surface area contributed by atoms with Crippen molar-refractivity contribution in [2.24, 2.45) is 0 Å². The highest BCUT2D eigenvalue weighted by Crippen LogP contribution is 2.37. The van der Waals surface area contributed by atoms with Crippen LogP contribution in [0.1, 0.15) is 12.0 Å². The SMILES string of the molecule is O=C1/C(=C\c2ccc(Cl)cc2Cl)SC(=S)N1C1CCS(=O)(=O)C1. The molecule has 0 radical (unpaired) electrons. The third kappa shape index (κ3) is 3.58. The summed E-state index contributed by atoms with van der Waals surface area (Å²) >= 11 is 18.4. The second-order valence-electron chi connectivity index (χ2n) is 5.27. The van der Waals surface area contributed by atoms with Crippen LogP contribution in [0.4, 0.5) is 0 Å². The van der Waals surface area contributed by atoms with Crippen molar-refractivity contribution in [1.82, 2.24) is 4.90 Å². The number of rotatable bonds is 2. The maximum absolute atomic E-state index is 12.6. The molecule has 1 aromatic carbocycles. The predicted molar refractivity (Wildman–Crippen MR) is 98.5 cm³/mol. The van der Waals surface area contributed by atoms with Gasteiger partial charge in [-0.15, -0.1) is 0 Å². The Bertz CT molecular complexity index is 836. The summed E-state index contributed by atoms with van der Waals surface area (Å²) in [4.78, 5) is 14.4. The number of carbonyl (C=O) groups excluding carboxylic acids is 1. The Labute approximate surface area is 153 Å². The van der Waals surface area contributed by atoms with E-state index in [0.717, 1.165) is 11.8 Å². The summed E-state index contributed by atoms with van der Waals surface area (Å²) in [6, 6.07) is 4.62. The van der Waals surface area contributed by atoms with E-state index >= 15 is 0 Å². The first-order valence-corrected chi connectivity index (χ1v) is 10.5. The van der Waals surface area contributed by atoms with Crippen LogP contribution in [0, 0.1) is 0 Å². The zero-order valence-electron chi connectivity index (χ0n) is 11.7. The largest absolute Gasteiger partial charge is 0.289 e. The molecule has 0 spiro atoms. The lowest BCUT2D eigenvalue weighted by atomic mass is 10.2. The van der Waals surface area contributed by atoms with Gasteiger partial charge in [-0.1, -0.05) is 53.2 Å². The second kappa shape index (κ2) is 6.37. The number of hydrogen-bond acceptors (Lipinski definition) is 5. The Hall–Kier alpha value is -0.600. The first-order chi connectivity index (χ1) is 10.8. The van der Waals surface area contributed by atoms with Crippen molar-refractivity contribution in [2.45, 2.75) is 12.5 Å². The molecule has 23 heavy (non-hydrogen) atoms. The Morgan fingerprint density at radius 3 is 2.70 bits per heavy atom. The molecule has 3 rings (SSSR count). The van der Waals surface area contributed by atoms with Crippen molar-refractivity contribution < 1.29 is 13.2 Å². The normalized spacial score (nSPS) is 25.6. The number of thiocarbonyl (C=S) groups is 1. The van der Waals surface area contributed by atoms with E-state index in [1.807, 2.05) is 0 Å². The van der Waals surface area contributed by atoms with Gasteiger partial charge in [0.25, 0.3) is 5.91 Å². The van der Waals surface area contributed by atoms with Gasteiger partial charge in [0.05, 0.1) is 22.5 Å². The molecule has 2 aliphatic heterocycles. The number of benzene rings is 1. The highest BCUT2D eigenvalue weighted by Gasteiger charge is 2.42. The first-order valence-electron chi connectivity index (χ1n) is 6.69. The molecule has 0 N–H and O–H groups in total. The number of halogens is 2. The van der Waals surface area contributed by atoms with Crippen LogP contribution < -0.4 is 0 Å². The van der Waals surface area contributed by atoms with Gasteiger partial charge in [0.2, 0.25) is 0 Å². The molecule has 122 valence electrons. The van der Waals surface area contributed by atoms with E-state index in [-0.39, 0.29) is 23.5 Å². The molecular formula is C14H11Cl2NO3S3. The summed E-state index contributed by atoms with van der Waals surface area (Å²) in [5.41, 5.74) is 0.663. The quantitative estimate of drug-likeness (QED) is 0.555. The lowest BCUT2D eigenvalue weighted by Gasteiger charge is -2.20. The summed E-state index contributed by atoms with van der Waals surface area (Å²) in [5.74, 6) is -0.210. The zero-order valence-corrected chi connectivity index (χ0v) is 15.6. The van der Waals surface area contributed by atoms with Crippen molar-refractivity contribution in [2.75, 3.05) is 11.5 Å². The van der Waals surface area contributed by atoms with Crippen LogP contribution in [0.15, 0.2) is 23.1 Å². The van der Waals surface area contributed by atoms with E-state index in [2.05, 4.69) is 0 Å². The molecule has 2 heterocycles. The van der Waals surface area contributed by atoms with Gasteiger partial charge < -0.3 is 0 Å². The van der Waals surface area contributed by atoms with E-state index in [9.17, 15) is 13.2 Å². The fraction of sp³-hybridized carbons (Fsp3) is 0.286. The van der Waals surface area contributed by atoms with Crippen LogP contribution in [0.3, 0.4) is 0 Å². The van der Waals surface area contributed by atoms with Crippen molar-refractivity contribution >= 4 is 73.3 Å². The monoisotopic (exact) mass is 407 g/mol. The summed E-state index contributed by atoms with van der Waals surface area (Å²) < 4.78 is 23.6. The molecule has 4 nitrogen and oxygen atoms in total. The lowest BCUT2D eigenvalue weighted by Crippen LogP contribution is -2.39. The Balaban J connectivity index is 1.88. The number of thioether (sulfide) groups is 1. The van der Waals surface area contributed by atoms with E-state index in [1.54, 1.807) is 24.3 Å². The standard InChI is InChI=1S/C14H11Cl2NO3S3/c15-9-2-1-8(11(16)6-9)5-12-13(18)17(14(21)22-12)10-3-4-23(19,20)7-10/h1-2,5-6,10H,3-4,7H2/b12-5+. The van der Waals surface area contributed by atoms with Crippen molar-refractivity contribution in [1.29, 1.82) is 0 Å². The van der Waals surface area contributed by atoms with Gasteiger partial charge in [0, 0.05) is 10.0 Å². The van der Waals surface area contributed by atoms with E-state index < -0.39 is 9.84 Å². The number of nitrogens with zero attached hydrogens (tertiary/aromatic N) is 1. The Morgan fingerprint density at radius 1 is 1.35 bits per heavy atom. The first kappa shape index (κ1) is 17.2. The molecular weight excluding hydrogens is 397 g/mol. The van der Waals surface area contributed by atoms with Crippen molar-refractivity contribution in [3.05, 3.63) is 38.7 Å². The van der Waals surface area contributed by atoms with Crippen molar-refractivity contribution in [3.8, 4) is 0 Å². The summed E-state index contributed by atoms with van der Waals surface area (Å²) in [7, 11) is -3.09. The molecule has 2 saturated heterocycles. The molecule has 9 heteroatoms. The number of hydrogen-bond donors (Lipinski definition) is 0. The highest BCUT2D eigenvalue weighted by atomic mass is 35.5. The third-order valence-electron chi connectivity index (χ3n) is 3.65. The zero-order chi connectivity index (χ0) is 16.8. The number of sulfone groups is 1. The molecule has 1 aromatic rings. The van der Waals surface area contributed by atoms with Crippen LogP contribution >= 0.6 is 47.2 Å². The maximum atomic E-state index is 12.6. The molecule has 1 unspecified atom stereocenters. The molecule has 2 fully saturated rings. The third-order valence-corrected chi connectivity index (χ3v) is 7.29. The van der Waals surface area contributed by atoms with Gasteiger partial charge in [0.15, 0.2) is 9.84 Å². The minimum atomic E-state index is -3.09. The average Bonchev–Trinajstić information content (AvgIpc) is 2.93. The van der Waals surface area contributed by atoms with E-state index in [1.165, 1.54) is 4.90 Å². The van der Waals surface area contributed by atoms with Crippen LogP contribution in [0.5, 0.6) is 0 Å². The molecule has 1 amide bonds. The van der Waals surface area contributed by atoms with Gasteiger partial charge in [-0.3, -0.25) is 9.69 Å². The predicted octanol–water partition coefficient (Wildman–Crippen LogP) is 3.38. The minimum absolute atomic E-state index is 0.0333. The number of carbonyl (C=O) groups is 1. The van der Waals surface area contributed by atoms with Crippen LogP contribution in [-0.2, 0) is 14.6 Å². The number of amides is 1. The van der Waals surface area contributed by atoms with Crippen LogP contribution in [0.2, 0.25) is 10.0 Å². The maximum Gasteiger partial charge on any atom is 0.266 e. The Kier molecular flexibility index (Phi) is 4.77.